The topological polar surface area (TPSA) is 63.2 Å². The molecule has 0 aliphatic heterocycles. The Balaban J connectivity index is 2.06. The first-order valence-corrected chi connectivity index (χ1v) is 8.25. The fourth-order valence-electron chi connectivity index (χ4n) is 1.69. The van der Waals surface area contributed by atoms with Gasteiger partial charge < -0.3 is 5.32 Å². The molecule has 0 saturated heterocycles. The van der Waals surface area contributed by atoms with Crippen LogP contribution in [0.5, 0.6) is 0 Å². The summed E-state index contributed by atoms with van der Waals surface area (Å²) in [6.07, 6.45) is 0. The van der Waals surface area contributed by atoms with Crippen molar-refractivity contribution in [1.29, 1.82) is 0 Å². The first-order valence-electron chi connectivity index (χ1n) is 5.94. The van der Waals surface area contributed by atoms with Crippen LogP contribution in [-0.2, 0) is 15.6 Å². The summed E-state index contributed by atoms with van der Waals surface area (Å²) in [7, 11) is 1.36. The lowest BCUT2D eigenvalue weighted by atomic mass is 10.2. The van der Waals surface area contributed by atoms with Gasteiger partial charge in [-0.2, -0.15) is 0 Å². The lowest BCUT2D eigenvalue weighted by molar-refractivity contribution is 0.0950. The molecule has 0 heterocycles. The van der Waals surface area contributed by atoms with Crippen LogP contribution < -0.4 is 5.32 Å². The zero-order valence-corrected chi connectivity index (χ0v) is 12.3. The highest BCUT2D eigenvalue weighted by Gasteiger charge is 2.12. The minimum atomic E-state index is -3.82. The molecule has 2 aromatic rings. The highest BCUT2D eigenvalue weighted by Crippen LogP contribution is 2.15. The maximum atomic E-state index is 13.4. The molecule has 0 saturated carbocycles. The second-order valence-corrected chi connectivity index (χ2v) is 6.80. The van der Waals surface area contributed by atoms with Crippen molar-refractivity contribution >= 4 is 25.6 Å². The van der Waals surface area contributed by atoms with Crippen LogP contribution in [0.4, 0.5) is 4.39 Å². The molecular formula is C14H11ClFNO3S. The third-order valence-electron chi connectivity index (χ3n) is 2.80. The van der Waals surface area contributed by atoms with Crippen LogP contribution in [0.3, 0.4) is 0 Å². The Morgan fingerprint density at radius 1 is 1.10 bits per heavy atom. The second-order valence-electron chi connectivity index (χ2n) is 4.24. The van der Waals surface area contributed by atoms with Gasteiger partial charge in [0.25, 0.3) is 15.0 Å². The molecule has 0 fully saturated rings. The molecule has 7 heteroatoms. The molecule has 0 unspecified atom stereocenters. The van der Waals surface area contributed by atoms with Gasteiger partial charge in [0.05, 0.1) is 4.90 Å². The number of halogens is 2. The Bertz CT molecular complexity index is 760. The first-order chi connectivity index (χ1) is 9.88. The molecule has 0 atom stereocenters. The molecule has 21 heavy (non-hydrogen) atoms. The molecule has 0 aliphatic carbocycles. The zero-order chi connectivity index (χ0) is 15.5. The maximum Gasteiger partial charge on any atom is 0.261 e. The lowest BCUT2D eigenvalue weighted by Gasteiger charge is -2.06. The van der Waals surface area contributed by atoms with E-state index in [0.717, 1.165) is 0 Å². The second kappa shape index (κ2) is 6.24. The number of hydrogen-bond acceptors (Lipinski definition) is 3. The molecule has 0 radical (unpaired) electrons. The predicted molar refractivity (Wildman–Crippen MR) is 77.1 cm³/mol. The van der Waals surface area contributed by atoms with Gasteiger partial charge >= 0.3 is 0 Å². The number of rotatable bonds is 4. The van der Waals surface area contributed by atoms with Gasteiger partial charge in [0.2, 0.25) is 0 Å². The molecule has 2 rings (SSSR count). The van der Waals surface area contributed by atoms with Crippen molar-refractivity contribution in [1.82, 2.24) is 5.32 Å². The monoisotopic (exact) mass is 327 g/mol. The van der Waals surface area contributed by atoms with E-state index in [1.807, 2.05) is 0 Å². The third-order valence-corrected chi connectivity index (χ3v) is 4.17. The van der Waals surface area contributed by atoms with Gasteiger partial charge in [-0.15, -0.1) is 0 Å². The van der Waals surface area contributed by atoms with Gasteiger partial charge in [0.15, 0.2) is 0 Å². The summed E-state index contributed by atoms with van der Waals surface area (Å²) < 4.78 is 35.6. The van der Waals surface area contributed by atoms with Crippen LogP contribution in [0.25, 0.3) is 0 Å². The van der Waals surface area contributed by atoms with E-state index in [4.69, 9.17) is 10.7 Å². The Morgan fingerprint density at radius 3 is 2.29 bits per heavy atom. The molecule has 2 aromatic carbocycles. The van der Waals surface area contributed by atoms with Gasteiger partial charge in [-0.1, -0.05) is 18.2 Å². The number of amides is 1. The number of carbonyl (C=O) groups excluding carboxylic acids is 1. The Morgan fingerprint density at radius 2 is 1.71 bits per heavy atom. The molecule has 1 amide bonds. The number of carbonyl (C=O) groups is 1. The summed E-state index contributed by atoms with van der Waals surface area (Å²) in [5, 5.41) is 2.55. The van der Waals surface area contributed by atoms with Crippen molar-refractivity contribution in [2.24, 2.45) is 0 Å². The van der Waals surface area contributed by atoms with Crippen molar-refractivity contribution in [2.75, 3.05) is 0 Å². The molecule has 0 aromatic heterocycles. The molecular weight excluding hydrogens is 317 g/mol. The van der Waals surface area contributed by atoms with Crippen LogP contribution in [-0.4, -0.2) is 14.3 Å². The molecule has 4 nitrogen and oxygen atoms in total. The van der Waals surface area contributed by atoms with Crippen LogP contribution in [0, 0.1) is 5.82 Å². The average Bonchev–Trinajstić information content (AvgIpc) is 2.45. The normalized spacial score (nSPS) is 11.1. The van der Waals surface area contributed by atoms with Gasteiger partial charge in [-0.05, 0) is 30.3 Å². The summed E-state index contributed by atoms with van der Waals surface area (Å²) in [5.74, 6) is -0.835. The molecule has 0 aliphatic rings. The maximum absolute atomic E-state index is 13.4. The lowest BCUT2D eigenvalue weighted by Crippen LogP contribution is -2.23. The van der Waals surface area contributed by atoms with Gasteiger partial charge in [0, 0.05) is 28.4 Å². The smallest absolute Gasteiger partial charge is 0.261 e. The van der Waals surface area contributed by atoms with E-state index in [1.54, 1.807) is 18.2 Å². The fraction of sp³-hybridized carbons (Fsp3) is 0.0714. The number of benzene rings is 2. The van der Waals surface area contributed by atoms with E-state index < -0.39 is 20.8 Å². The average molecular weight is 328 g/mol. The Hall–Kier alpha value is -1.92. The number of hydrogen-bond donors (Lipinski definition) is 1. The van der Waals surface area contributed by atoms with Crippen molar-refractivity contribution in [3.63, 3.8) is 0 Å². The van der Waals surface area contributed by atoms with Crippen molar-refractivity contribution in [2.45, 2.75) is 11.4 Å². The minimum Gasteiger partial charge on any atom is -0.348 e. The predicted octanol–water partition coefficient (Wildman–Crippen LogP) is 2.68. The summed E-state index contributed by atoms with van der Waals surface area (Å²) in [5.41, 5.74) is 0.626. The third kappa shape index (κ3) is 4.03. The largest absolute Gasteiger partial charge is 0.348 e. The summed E-state index contributed by atoms with van der Waals surface area (Å²) >= 11 is 0. The van der Waals surface area contributed by atoms with Crippen molar-refractivity contribution < 1.29 is 17.6 Å². The molecule has 0 spiro atoms. The van der Waals surface area contributed by atoms with E-state index in [0.29, 0.717) is 5.56 Å². The zero-order valence-electron chi connectivity index (χ0n) is 10.7. The van der Waals surface area contributed by atoms with Gasteiger partial charge in [-0.25, -0.2) is 12.8 Å². The van der Waals surface area contributed by atoms with E-state index in [-0.39, 0.29) is 17.0 Å². The molecule has 1 N–H and O–H groups in total. The fourth-order valence-corrected chi connectivity index (χ4v) is 2.46. The van der Waals surface area contributed by atoms with E-state index in [1.165, 1.54) is 30.3 Å². The standard InChI is InChI=1S/C14H11ClFNO3S/c15-21(19,20)12-7-5-10(6-8-12)14(18)17-9-11-3-1-2-4-13(11)16/h1-8H,9H2,(H,17,18). The van der Waals surface area contributed by atoms with Crippen molar-refractivity contribution in [3.05, 3.63) is 65.5 Å². The SMILES string of the molecule is O=C(NCc1ccccc1F)c1ccc(S(=O)(=O)Cl)cc1. The highest BCUT2D eigenvalue weighted by atomic mass is 35.7. The van der Waals surface area contributed by atoms with Crippen molar-refractivity contribution in [3.8, 4) is 0 Å². The van der Waals surface area contributed by atoms with Crippen LogP contribution >= 0.6 is 10.7 Å². The Labute approximate surface area is 126 Å². The van der Waals surface area contributed by atoms with Gasteiger partial charge in [-0.3, -0.25) is 4.79 Å². The van der Waals surface area contributed by atoms with E-state index in [2.05, 4.69) is 5.32 Å². The van der Waals surface area contributed by atoms with Crippen LogP contribution in [0.1, 0.15) is 15.9 Å². The van der Waals surface area contributed by atoms with Gasteiger partial charge in [0.1, 0.15) is 5.82 Å². The summed E-state index contributed by atoms with van der Waals surface area (Å²) in [6.45, 7) is 0.0427. The molecule has 0 bridgehead atoms. The van der Waals surface area contributed by atoms with Crippen LogP contribution in [0.2, 0.25) is 0 Å². The quantitative estimate of drug-likeness (QED) is 0.878. The minimum absolute atomic E-state index is 0.0427. The number of nitrogens with one attached hydrogen (secondary N) is 1. The van der Waals surface area contributed by atoms with E-state index in [9.17, 15) is 17.6 Å². The first kappa shape index (κ1) is 15.5. The molecule has 110 valence electrons. The van der Waals surface area contributed by atoms with E-state index >= 15 is 0 Å². The summed E-state index contributed by atoms with van der Waals surface area (Å²) in [6, 6.07) is 11.3. The van der Waals surface area contributed by atoms with Crippen LogP contribution in [0.15, 0.2) is 53.4 Å². The Kier molecular flexibility index (Phi) is 4.59. The highest BCUT2D eigenvalue weighted by molar-refractivity contribution is 8.13. The summed E-state index contributed by atoms with van der Waals surface area (Å²) in [4.78, 5) is 11.8.